The van der Waals surface area contributed by atoms with E-state index in [2.05, 4.69) is 0 Å². The molecule has 0 amide bonds. The molecule has 2 rings (SSSR count). The van der Waals surface area contributed by atoms with Crippen LogP contribution in [0.25, 0.3) is 0 Å². The van der Waals surface area contributed by atoms with Crippen molar-refractivity contribution in [1.29, 1.82) is 0 Å². The highest BCUT2D eigenvalue weighted by molar-refractivity contribution is 6.31. The average molecular weight is 251 g/mol. The van der Waals surface area contributed by atoms with E-state index in [0.717, 1.165) is 5.75 Å². The van der Waals surface area contributed by atoms with Crippen molar-refractivity contribution in [2.45, 2.75) is 13.6 Å². The first-order valence-corrected chi connectivity index (χ1v) is 5.66. The summed E-state index contributed by atoms with van der Waals surface area (Å²) in [7, 11) is 0. The third-order valence-corrected chi connectivity index (χ3v) is 2.78. The van der Waals surface area contributed by atoms with Crippen molar-refractivity contribution in [3.63, 3.8) is 0 Å². The van der Waals surface area contributed by atoms with E-state index in [4.69, 9.17) is 16.3 Å². The number of halogens is 2. The second-order valence-electron chi connectivity index (χ2n) is 3.80. The fourth-order valence-electron chi connectivity index (χ4n) is 1.44. The number of hydrogen-bond donors (Lipinski definition) is 0. The van der Waals surface area contributed by atoms with Gasteiger partial charge in [-0.15, -0.1) is 0 Å². The van der Waals surface area contributed by atoms with Gasteiger partial charge in [-0.3, -0.25) is 0 Å². The summed E-state index contributed by atoms with van der Waals surface area (Å²) in [5.41, 5.74) is 1.64. The summed E-state index contributed by atoms with van der Waals surface area (Å²) >= 11 is 5.90. The molecule has 0 aliphatic rings. The van der Waals surface area contributed by atoms with Gasteiger partial charge in [-0.1, -0.05) is 35.4 Å². The van der Waals surface area contributed by atoms with Gasteiger partial charge in [-0.05, 0) is 31.2 Å². The van der Waals surface area contributed by atoms with Crippen molar-refractivity contribution in [1.82, 2.24) is 0 Å². The van der Waals surface area contributed by atoms with Crippen LogP contribution in [-0.2, 0) is 6.67 Å². The maximum Gasteiger partial charge on any atom is 0.128 e. The van der Waals surface area contributed by atoms with Crippen LogP contribution in [0.4, 0.5) is 4.39 Å². The van der Waals surface area contributed by atoms with Crippen LogP contribution >= 0.6 is 11.6 Å². The molecule has 0 aromatic heterocycles. The number of hydrogen-bond acceptors (Lipinski definition) is 1. The zero-order chi connectivity index (χ0) is 12.3. The summed E-state index contributed by atoms with van der Waals surface area (Å²) in [5.74, 6) is 1.34. The standard InChI is InChI=1S/C14H12ClFO/c1-10-2-5-12(6-3-10)17-13-7-4-11(9-16)14(15)8-13/h2-8H,9H2,1H3. The smallest absolute Gasteiger partial charge is 0.128 e. The van der Waals surface area contributed by atoms with Gasteiger partial charge in [0.1, 0.15) is 18.2 Å². The minimum absolute atomic E-state index is 0.386. The Balaban J connectivity index is 2.19. The predicted molar refractivity (Wildman–Crippen MR) is 67.5 cm³/mol. The van der Waals surface area contributed by atoms with Crippen LogP contribution in [0, 0.1) is 6.92 Å². The van der Waals surface area contributed by atoms with Gasteiger partial charge in [0.05, 0.1) is 5.02 Å². The third-order valence-electron chi connectivity index (χ3n) is 2.43. The lowest BCUT2D eigenvalue weighted by Crippen LogP contribution is -1.86. The van der Waals surface area contributed by atoms with Gasteiger partial charge in [0.15, 0.2) is 0 Å². The quantitative estimate of drug-likeness (QED) is 0.752. The van der Waals surface area contributed by atoms with Crippen molar-refractivity contribution in [2.75, 3.05) is 0 Å². The minimum atomic E-state index is -0.566. The molecule has 0 bridgehead atoms. The molecule has 88 valence electrons. The molecule has 0 saturated carbocycles. The van der Waals surface area contributed by atoms with Crippen molar-refractivity contribution in [3.05, 3.63) is 58.6 Å². The van der Waals surface area contributed by atoms with Crippen molar-refractivity contribution < 1.29 is 9.13 Å². The van der Waals surface area contributed by atoms with Gasteiger partial charge >= 0.3 is 0 Å². The largest absolute Gasteiger partial charge is 0.457 e. The van der Waals surface area contributed by atoms with E-state index in [1.807, 2.05) is 31.2 Å². The Hall–Kier alpha value is -1.54. The molecule has 0 fully saturated rings. The molecule has 0 spiro atoms. The molecule has 0 atom stereocenters. The lowest BCUT2D eigenvalue weighted by atomic mass is 10.2. The van der Waals surface area contributed by atoms with E-state index in [0.29, 0.717) is 16.3 Å². The molecular formula is C14H12ClFO. The van der Waals surface area contributed by atoms with Gasteiger partial charge in [-0.2, -0.15) is 0 Å². The lowest BCUT2D eigenvalue weighted by molar-refractivity contribution is 0.475. The molecule has 0 radical (unpaired) electrons. The molecular weight excluding hydrogens is 239 g/mol. The highest BCUT2D eigenvalue weighted by Gasteiger charge is 2.03. The maximum atomic E-state index is 12.5. The second kappa shape index (κ2) is 5.19. The highest BCUT2D eigenvalue weighted by atomic mass is 35.5. The maximum absolute atomic E-state index is 12.5. The van der Waals surface area contributed by atoms with E-state index in [1.165, 1.54) is 5.56 Å². The number of alkyl halides is 1. The summed E-state index contributed by atoms with van der Waals surface area (Å²) in [6.45, 7) is 1.44. The SMILES string of the molecule is Cc1ccc(Oc2ccc(CF)c(Cl)c2)cc1. The molecule has 0 unspecified atom stereocenters. The fraction of sp³-hybridized carbons (Fsp3) is 0.143. The first-order valence-electron chi connectivity index (χ1n) is 5.28. The predicted octanol–water partition coefficient (Wildman–Crippen LogP) is 4.91. The molecule has 2 aromatic rings. The van der Waals surface area contributed by atoms with Gasteiger partial charge in [-0.25, -0.2) is 4.39 Å². The number of benzene rings is 2. The molecule has 0 N–H and O–H groups in total. The monoisotopic (exact) mass is 250 g/mol. The van der Waals surface area contributed by atoms with Crippen LogP contribution in [0.5, 0.6) is 11.5 Å². The Labute approximate surface area is 105 Å². The van der Waals surface area contributed by atoms with Gasteiger partial charge in [0, 0.05) is 5.56 Å². The van der Waals surface area contributed by atoms with Gasteiger partial charge < -0.3 is 4.74 Å². The second-order valence-corrected chi connectivity index (χ2v) is 4.21. The van der Waals surface area contributed by atoms with E-state index in [9.17, 15) is 4.39 Å². The first-order chi connectivity index (χ1) is 8.19. The summed E-state index contributed by atoms with van der Waals surface area (Å²) in [6.07, 6.45) is 0. The minimum Gasteiger partial charge on any atom is -0.457 e. The zero-order valence-electron chi connectivity index (χ0n) is 9.41. The zero-order valence-corrected chi connectivity index (χ0v) is 10.2. The number of rotatable bonds is 3. The van der Waals surface area contributed by atoms with Crippen LogP contribution in [0.2, 0.25) is 5.02 Å². The Kier molecular flexibility index (Phi) is 3.64. The Morgan fingerprint density at radius 2 is 1.71 bits per heavy atom. The Morgan fingerprint density at radius 1 is 1.06 bits per heavy atom. The van der Waals surface area contributed by atoms with Crippen LogP contribution in [0.15, 0.2) is 42.5 Å². The molecule has 0 saturated heterocycles. The summed E-state index contributed by atoms with van der Waals surface area (Å²) in [4.78, 5) is 0. The van der Waals surface area contributed by atoms with E-state index in [-0.39, 0.29) is 0 Å². The molecule has 3 heteroatoms. The van der Waals surface area contributed by atoms with Crippen molar-refractivity contribution in [3.8, 4) is 11.5 Å². The van der Waals surface area contributed by atoms with Gasteiger partial charge in [0.25, 0.3) is 0 Å². The molecule has 1 nitrogen and oxygen atoms in total. The van der Waals surface area contributed by atoms with E-state index >= 15 is 0 Å². The van der Waals surface area contributed by atoms with Crippen LogP contribution in [-0.4, -0.2) is 0 Å². The summed E-state index contributed by atoms with van der Waals surface area (Å²) in [5, 5.41) is 0.386. The Morgan fingerprint density at radius 3 is 2.29 bits per heavy atom. The van der Waals surface area contributed by atoms with Gasteiger partial charge in [0.2, 0.25) is 0 Å². The summed E-state index contributed by atoms with van der Waals surface area (Å²) < 4.78 is 18.1. The molecule has 0 heterocycles. The Bertz CT molecular complexity index is 508. The fourth-order valence-corrected chi connectivity index (χ4v) is 1.66. The highest BCUT2D eigenvalue weighted by Crippen LogP contribution is 2.27. The van der Waals surface area contributed by atoms with Crippen LogP contribution in [0.1, 0.15) is 11.1 Å². The molecule has 0 aliphatic heterocycles. The summed E-state index contributed by atoms with van der Waals surface area (Å²) in [6, 6.07) is 12.7. The average Bonchev–Trinajstić information content (AvgIpc) is 2.32. The van der Waals surface area contributed by atoms with E-state index in [1.54, 1.807) is 18.2 Å². The van der Waals surface area contributed by atoms with Crippen LogP contribution < -0.4 is 4.74 Å². The topological polar surface area (TPSA) is 9.23 Å². The molecule has 2 aromatic carbocycles. The lowest BCUT2D eigenvalue weighted by Gasteiger charge is -2.07. The molecule has 17 heavy (non-hydrogen) atoms. The van der Waals surface area contributed by atoms with E-state index < -0.39 is 6.67 Å². The third kappa shape index (κ3) is 2.98. The normalized spacial score (nSPS) is 10.3. The van der Waals surface area contributed by atoms with Crippen LogP contribution in [0.3, 0.4) is 0 Å². The number of ether oxygens (including phenoxy) is 1. The van der Waals surface area contributed by atoms with Crippen molar-refractivity contribution >= 4 is 11.6 Å². The molecule has 0 aliphatic carbocycles. The first kappa shape index (κ1) is 11.9. The number of aryl methyl sites for hydroxylation is 1. The van der Waals surface area contributed by atoms with Crippen molar-refractivity contribution in [2.24, 2.45) is 0 Å².